The van der Waals surface area contributed by atoms with Crippen molar-refractivity contribution in [2.45, 2.75) is 13.5 Å². The van der Waals surface area contributed by atoms with Crippen LogP contribution in [-0.4, -0.2) is 11.1 Å². The van der Waals surface area contributed by atoms with Gasteiger partial charge in [-0.3, -0.25) is 4.79 Å². The van der Waals surface area contributed by atoms with E-state index < -0.39 is 0 Å². The number of aryl methyl sites for hydroxylation is 1. The average Bonchev–Trinajstić information content (AvgIpc) is 3.11. The van der Waals surface area contributed by atoms with Crippen LogP contribution in [0.25, 0.3) is 6.08 Å². The van der Waals surface area contributed by atoms with Gasteiger partial charge in [-0.2, -0.15) is 0 Å². The van der Waals surface area contributed by atoms with Gasteiger partial charge in [0.05, 0.1) is 20.6 Å². The number of benzene rings is 3. The quantitative estimate of drug-likeness (QED) is 0.336. The van der Waals surface area contributed by atoms with Crippen molar-refractivity contribution >= 4 is 73.7 Å². The number of carbonyl (C=O) groups is 1. The Morgan fingerprint density at radius 1 is 1.12 bits per heavy atom. The molecular weight excluding hydrogens is 531 g/mol. The number of aliphatic imine (C=N–C) groups is 1. The molecule has 1 N–H and O–H groups in total. The van der Waals surface area contributed by atoms with Crippen LogP contribution in [0.5, 0.6) is 5.75 Å². The minimum Gasteiger partial charge on any atom is -0.488 e. The Kier molecular flexibility index (Phi) is 7.26. The van der Waals surface area contributed by atoms with Gasteiger partial charge in [-0.05, 0) is 60.7 Å². The Labute approximate surface area is 208 Å². The number of carbonyl (C=O) groups excluding carboxylic acids is 1. The van der Waals surface area contributed by atoms with Crippen LogP contribution in [0.2, 0.25) is 10.0 Å². The molecule has 0 aromatic heterocycles. The lowest BCUT2D eigenvalue weighted by atomic mass is 10.1. The van der Waals surface area contributed by atoms with Gasteiger partial charge in [0.15, 0.2) is 5.17 Å². The third-order valence-electron chi connectivity index (χ3n) is 4.58. The standard InChI is InChI=1S/C24H17BrCl2N2O2S/c1-14-5-7-15(8-6-14)13-31-20-10-9-17(25)11-16(20)12-21-23(30)29-24(32-21)28-19-4-2-3-18(26)22(19)27/h2-12H,13H2,1H3,(H,28,29,30)/b21-12+. The number of thioether (sulfide) groups is 1. The molecule has 4 rings (SSSR count). The van der Waals surface area contributed by atoms with Crippen molar-refractivity contribution in [3.63, 3.8) is 0 Å². The second-order valence-electron chi connectivity index (χ2n) is 7.01. The fourth-order valence-electron chi connectivity index (χ4n) is 2.92. The van der Waals surface area contributed by atoms with Crippen molar-refractivity contribution in [1.29, 1.82) is 0 Å². The van der Waals surface area contributed by atoms with Crippen LogP contribution in [0.4, 0.5) is 5.69 Å². The number of ether oxygens (including phenoxy) is 1. The lowest BCUT2D eigenvalue weighted by molar-refractivity contribution is -0.115. The first-order valence-electron chi connectivity index (χ1n) is 9.60. The van der Waals surface area contributed by atoms with Crippen LogP contribution in [0.1, 0.15) is 16.7 Å². The van der Waals surface area contributed by atoms with Crippen molar-refractivity contribution in [2.75, 3.05) is 0 Å². The first-order chi connectivity index (χ1) is 15.4. The summed E-state index contributed by atoms with van der Waals surface area (Å²) in [6.45, 7) is 2.48. The summed E-state index contributed by atoms with van der Waals surface area (Å²) in [6, 6.07) is 19.0. The third kappa shape index (κ3) is 5.56. The maximum absolute atomic E-state index is 12.5. The van der Waals surface area contributed by atoms with Gasteiger partial charge in [0.2, 0.25) is 0 Å². The number of hydrogen-bond acceptors (Lipinski definition) is 4. The van der Waals surface area contributed by atoms with Gasteiger partial charge >= 0.3 is 0 Å². The number of nitrogens with one attached hydrogen (secondary N) is 1. The van der Waals surface area contributed by atoms with Gasteiger partial charge in [0, 0.05) is 10.0 Å². The lowest BCUT2D eigenvalue weighted by Gasteiger charge is -2.10. The van der Waals surface area contributed by atoms with Crippen LogP contribution in [0.15, 0.2) is 75.0 Å². The summed E-state index contributed by atoms with van der Waals surface area (Å²) in [5.41, 5.74) is 3.54. The maximum Gasteiger partial charge on any atom is 0.264 e. The second-order valence-corrected chi connectivity index (χ2v) is 9.74. The minimum atomic E-state index is -0.239. The molecule has 1 saturated heterocycles. The number of amidine groups is 1. The normalized spacial score (nSPS) is 15.9. The summed E-state index contributed by atoms with van der Waals surface area (Å²) in [7, 11) is 0. The monoisotopic (exact) mass is 546 g/mol. The van der Waals surface area contributed by atoms with E-state index in [0.717, 1.165) is 15.6 Å². The van der Waals surface area contributed by atoms with Gasteiger partial charge < -0.3 is 10.1 Å². The van der Waals surface area contributed by atoms with Crippen LogP contribution < -0.4 is 10.1 Å². The molecule has 32 heavy (non-hydrogen) atoms. The Morgan fingerprint density at radius 2 is 1.91 bits per heavy atom. The molecule has 162 valence electrons. The number of rotatable bonds is 5. The molecule has 1 aliphatic heterocycles. The van der Waals surface area contributed by atoms with E-state index in [0.29, 0.717) is 38.2 Å². The van der Waals surface area contributed by atoms with E-state index in [4.69, 9.17) is 27.9 Å². The van der Waals surface area contributed by atoms with E-state index >= 15 is 0 Å². The van der Waals surface area contributed by atoms with Crippen molar-refractivity contribution in [3.8, 4) is 5.75 Å². The molecular formula is C24H17BrCl2N2O2S. The Morgan fingerprint density at radius 3 is 2.69 bits per heavy atom. The minimum absolute atomic E-state index is 0.239. The van der Waals surface area contributed by atoms with Gasteiger partial charge in [0.1, 0.15) is 12.4 Å². The van der Waals surface area contributed by atoms with E-state index in [-0.39, 0.29) is 5.91 Å². The first-order valence-corrected chi connectivity index (χ1v) is 12.0. The molecule has 0 saturated carbocycles. The van der Waals surface area contributed by atoms with Crippen molar-refractivity contribution in [2.24, 2.45) is 4.99 Å². The Balaban J connectivity index is 1.57. The van der Waals surface area contributed by atoms with Crippen molar-refractivity contribution < 1.29 is 9.53 Å². The second kappa shape index (κ2) is 10.1. The van der Waals surface area contributed by atoms with E-state index in [2.05, 4.69) is 38.4 Å². The fourth-order valence-corrected chi connectivity index (χ4v) is 4.46. The number of amides is 1. The largest absolute Gasteiger partial charge is 0.488 e. The first kappa shape index (κ1) is 22.9. The SMILES string of the molecule is Cc1ccc(COc2ccc(Br)cc2/C=C2/SC(=Nc3cccc(Cl)c3Cl)NC2=O)cc1. The van der Waals surface area contributed by atoms with Crippen LogP contribution in [-0.2, 0) is 11.4 Å². The van der Waals surface area contributed by atoms with Crippen molar-refractivity contribution in [1.82, 2.24) is 5.32 Å². The van der Waals surface area contributed by atoms with Gasteiger partial charge in [0.25, 0.3) is 5.91 Å². The third-order valence-corrected chi connectivity index (χ3v) is 6.79. The maximum atomic E-state index is 12.5. The molecule has 1 amide bonds. The molecule has 0 atom stereocenters. The zero-order valence-electron chi connectivity index (χ0n) is 16.9. The van der Waals surface area contributed by atoms with Gasteiger partial charge in [-0.15, -0.1) is 0 Å². The van der Waals surface area contributed by atoms with E-state index in [1.807, 2.05) is 37.3 Å². The van der Waals surface area contributed by atoms with E-state index in [1.165, 1.54) is 17.3 Å². The molecule has 1 fully saturated rings. The van der Waals surface area contributed by atoms with Gasteiger partial charge in [-0.1, -0.05) is 75.0 Å². The number of hydrogen-bond donors (Lipinski definition) is 1. The summed E-state index contributed by atoms with van der Waals surface area (Å²) in [5.74, 6) is 0.439. The average molecular weight is 548 g/mol. The molecule has 8 heteroatoms. The molecule has 0 aliphatic carbocycles. The highest BCUT2D eigenvalue weighted by Gasteiger charge is 2.25. The molecule has 0 spiro atoms. The smallest absolute Gasteiger partial charge is 0.264 e. The molecule has 4 nitrogen and oxygen atoms in total. The zero-order chi connectivity index (χ0) is 22.7. The summed E-state index contributed by atoms with van der Waals surface area (Å²) in [6.07, 6.45) is 1.79. The predicted molar refractivity (Wildman–Crippen MR) is 137 cm³/mol. The van der Waals surface area contributed by atoms with E-state index in [1.54, 1.807) is 24.3 Å². The fraction of sp³-hybridized carbons (Fsp3) is 0.0833. The Bertz CT molecular complexity index is 1240. The highest BCUT2D eigenvalue weighted by molar-refractivity contribution is 9.10. The van der Waals surface area contributed by atoms with Crippen LogP contribution in [0.3, 0.4) is 0 Å². The molecule has 3 aromatic carbocycles. The molecule has 1 heterocycles. The Hall–Kier alpha value is -2.25. The molecule has 3 aromatic rings. The zero-order valence-corrected chi connectivity index (χ0v) is 20.8. The molecule has 1 aliphatic rings. The van der Waals surface area contributed by atoms with Gasteiger partial charge in [-0.25, -0.2) is 4.99 Å². The lowest BCUT2D eigenvalue weighted by Crippen LogP contribution is -2.19. The summed E-state index contributed by atoms with van der Waals surface area (Å²) in [4.78, 5) is 17.5. The highest BCUT2D eigenvalue weighted by Crippen LogP contribution is 2.35. The highest BCUT2D eigenvalue weighted by atomic mass is 79.9. The molecule has 0 unspecified atom stereocenters. The summed E-state index contributed by atoms with van der Waals surface area (Å²) < 4.78 is 6.93. The summed E-state index contributed by atoms with van der Waals surface area (Å²) >= 11 is 17.0. The topological polar surface area (TPSA) is 50.7 Å². The molecule has 0 radical (unpaired) electrons. The predicted octanol–water partition coefficient (Wildman–Crippen LogP) is 7.53. The van der Waals surface area contributed by atoms with E-state index in [9.17, 15) is 4.79 Å². The summed E-state index contributed by atoms with van der Waals surface area (Å²) in [5, 5.41) is 3.95. The molecule has 0 bridgehead atoms. The van der Waals surface area contributed by atoms with Crippen LogP contribution in [0, 0.1) is 6.92 Å². The number of halogens is 3. The van der Waals surface area contributed by atoms with Crippen LogP contribution >= 0.6 is 50.9 Å². The number of nitrogens with zero attached hydrogens (tertiary/aromatic N) is 1. The van der Waals surface area contributed by atoms with Crippen molar-refractivity contribution in [3.05, 3.63) is 96.8 Å².